The minimum atomic E-state index is 0.138. The molecule has 0 bridgehead atoms. The molecule has 0 fully saturated rings. The highest BCUT2D eigenvalue weighted by atomic mass is 16.3. The van der Waals surface area contributed by atoms with E-state index in [0.29, 0.717) is 23.3 Å². The summed E-state index contributed by atoms with van der Waals surface area (Å²) in [6.07, 6.45) is 5.61. The van der Waals surface area contributed by atoms with Crippen LogP contribution in [0.3, 0.4) is 0 Å². The van der Waals surface area contributed by atoms with Crippen molar-refractivity contribution in [1.29, 1.82) is 5.26 Å². The third-order valence-corrected chi connectivity index (χ3v) is 4.71. The van der Waals surface area contributed by atoms with E-state index in [-0.39, 0.29) is 5.88 Å². The second-order valence-corrected chi connectivity index (χ2v) is 6.60. The third-order valence-electron chi connectivity index (χ3n) is 4.71. The number of fused-ring (bicyclic) bond motifs is 1. The number of nitrogens with zero attached hydrogens (tertiary/aromatic N) is 5. The molecule has 0 aliphatic rings. The van der Waals surface area contributed by atoms with Crippen molar-refractivity contribution in [3.05, 3.63) is 77.2 Å². The summed E-state index contributed by atoms with van der Waals surface area (Å²) in [7, 11) is 0. The van der Waals surface area contributed by atoms with E-state index < -0.39 is 0 Å². The van der Waals surface area contributed by atoms with Gasteiger partial charge in [0.15, 0.2) is 5.65 Å². The summed E-state index contributed by atoms with van der Waals surface area (Å²) in [6, 6.07) is 15.4. The maximum Gasteiger partial charge on any atom is 0.219 e. The third kappa shape index (κ3) is 3.19. The standard InChI is InChI=1S/C22H19N5O/c1-2-4-19-18(22(28)27-20(26-19)10-12-25-27)13-15-6-8-16(9-7-15)21-17(14-23)5-3-11-24-21/h3,5-12,28H,2,4,13H2,1H3. The van der Waals surface area contributed by atoms with Crippen molar-refractivity contribution < 1.29 is 5.11 Å². The lowest BCUT2D eigenvalue weighted by Gasteiger charge is -2.12. The van der Waals surface area contributed by atoms with Crippen LogP contribution in [0.2, 0.25) is 0 Å². The molecule has 0 aliphatic carbocycles. The SMILES string of the molecule is CCCc1nc2ccnn2c(O)c1Cc1ccc(-c2ncccc2C#N)cc1. The Morgan fingerprint density at radius 1 is 1.11 bits per heavy atom. The molecule has 3 heterocycles. The van der Waals surface area contributed by atoms with Crippen LogP contribution in [0.1, 0.15) is 35.7 Å². The summed E-state index contributed by atoms with van der Waals surface area (Å²) < 4.78 is 1.47. The van der Waals surface area contributed by atoms with Gasteiger partial charge >= 0.3 is 0 Å². The average Bonchev–Trinajstić information content (AvgIpc) is 3.20. The van der Waals surface area contributed by atoms with Gasteiger partial charge in [0.25, 0.3) is 0 Å². The Morgan fingerprint density at radius 3 is 2.68 bits per heavy atom. The Labute approximate surface area is 162 Å². The smallest absolute Gasteiger partial charge is 0.219 e. The van der Waals surface area contributed by atoms with Crippen molar-refractivity contribution in [2.24, 2.45) is 0 Å². The molecule has 0 spiro atoms. The van der Waals surface area contributed by atoms with Crippen molar-refractivity contribution in [3.63, 3.8) is 0 Å². The molecule has 0 saturated carbocycles. The van der Waals surface area contributed by atoms with E-state index in [2.05, 4.69) is 28.1 Å². The van der Waals surface area contributed by atoms with Gasteiger partial charge in [-0.3, -0.25) is 4.98 Å². The molecular weight excluding hydrogens is 350 g/mol. The zero-order chi connectivity index (χ0) is 19.5. The summed E-state index contributed by atoms with van der Waals surface area (Å²) in [5, 5.41) is 24.2. The van der Waals surface area contributed by atoms with Crippen LogP contribution in [0.4, 0.5) is 0 Å². The Bertz CT molecular complexity index is 1170. The second kappa shape index (κ2) is 7.49. The van der Waals surface area contributed by atoms with E-state index in [1.807, 2.05) is 24.3 Å². The van der Waals surface area contributed by atoms with Crippen LogP contribution in [0.5, 0.6) is 5.88 Å². The van der Waals surface area contributed by atoms with Crippen molar-refractivity contribution in [3.8, 4) is 23.2 Å². The maximum atomic E-state index is 10.7. The fraction of sp³-hybridized carbons (Fsp3) is 0.182. The van der Waals surface area contributed by atoms with Crippen LogP contribution in [0.25, 0.3) is 16.9 Å². The fourth-order valence-electron chi connectivity index (χ4n) is 3.34. The van der Waals surface area contributed by atoms with Gasteiger partial charge in [0.2, 0.25) is 5.88 Å². The molecule has 28 heavy (non-hydrogen) atoms. The summed E-state index contributed by atoms with van der Waals surface area (Å²) >= 11 is 0. The topological polar surface area (TPSA) is 87.1 Å². The number of pyridine rings is 1. The van der Waals surface area contributed by atoms with E-state index in [9.17, 15) is 10.4 Å². The molecule has 1 N–H and O–H groups in total. The Hall–Kier alpha value is -3.72. The van der Waals surface area contributed by atoms with Gasteiger partial charge < -0.3 is 5.11 Å². The van der Waals surface area contributed by atoms with Gasteiger partial charge in [-0.25, -0.2) is 4.98 Å². The average molecular weight is 369 g/mol. The highest BCUT2D eigenvalue weighted by molar-refractivity contribution is 5.66. The molecule has 4 aromatic rings. The number of rotatable bonds is 5. The molecular formula is C22H19N5O. The zero-order valence-electron chi connectivity index (χ0n) is 15.5. The van der Waals surface area contributed by atoms with Gasteiger partial charge in [-0.2, -0.15) is 14.9 Å². The van der Waals surface area contributed by atoms with Gasteiger partial charge in [-0.1, -0.05) is 37.6 Å². The van der Waals surface area contributed by atoms with E-state index >= 15 is 0 Å². The Morgan fingerprint density at radius 2 is 1.93 bits per heavy atom. The number of hydrogen-bond acceptors (Lipinski definition) is 5. The predicted octanol–water partition coefficient (Wildman–Crippen LogP) is 3.91. The molecule has 1 aromatic carbocycles. The normalized spacial score (nSPS) is 10.9. The Balaban J connectivity index is 1.69. The monoisotopic (exact) mass is 369 g/mol. The van der Waals surface area contributed by atoms with Gasteiger partial charge in [0, 0.05) is 29.8 Å². The van der Waals surface area contributed by atoms with Crippen LogP contribution in [-0.2, 0) is 12.8 Å². The van der Waals surface area contributed by atoms with Gasteiger partial charge in [0.05, 0.1) is 23.1 Å². The predicted molar refractivity (Wildman–Crippen MR) is 106 cm³/mol. The van der Waals surface area contributed by atoms with Crippen molar-refractivity contribution in [2.45, 2.75) is 26.2 Å². The molecule has 4 rings (SSSR count). The molecule has 0 atom stereocenters. The highest BCUT2D eigenvalue weighted by Gasteiger charge is 2.15. The van der Waals surface area contributed by atoms with Gasteiger partial charge in [-0.15, -0.1) is 0 Å². The van der Waals surface area contributed by atoms with Gasteiger partial charge in [-0.05, 0) is 24.1 Å². The van der Waals surface area contributed by atoms with E-state index in [0.717, 1.165) is 35.2 Å². The van der Waals surface area contributed by atoms with Crippen LogP contribution in [-0.4, -0.2) is 24.7 Å². The zero-order valence-corrected chi connectivity index (χ0v) is 15.5. The van der Waals surface area contributed by atoms with Crippen LogP contribution >= 0.6 is 0 Å². The molecule has 6 nitrogen and oxygen atoms in total. The first kappa shape index (κ1) is 17.7. The molecule has 0 aliphatic heterocycles. The number of aromatic hydroxyl groups is 1. The molecule has 6 heteroatoms. The first-order valence-corrected chi connectivity index (χ1v) is 9.20. The van der Waals surface area contributed by atoms with Gasteiger partial charge in [0.1, 0.15) is 6.07 Å². The number of aryl methyl sites for hydroxylation is 1. The van der Waals surface area contributed by atoms with Crippen molar-refractivity contribution in [1.82, 2.24) is 19.6 Å². The van der Waals surface area contributed by atoms with Crippen LogP contribution in [0, 0.1) is 11.3 Å². The Kier molecular flexibility index (Phi) is 4.73. The number of hydrogen-bond donors (Lipinski definition) is 1. The minimum Gasteiger partial charge on any atom is -0.493 e. The van der Waals surface area contributed by atoms with Crippen molar-refractivity contribution in [2.75, 3.05) is 0 Å². The lowest BCUT2D eigenvalue weighted by Crippen LogP contribution is -2.05. The van der Waals surface area contributed by atoms with E-state index in [1.165, 1.54) is 4.52 Å². The second-order valence-electron chi connectivity index (χ2n) is 6.60. The summed E-state index contributed by atoms with van der Waals surface area (Å²) in [6.45, 7) is 2.09. The molecule has 0 saturated heterocycles. The molecule has 3 aromatic heterocycles. The molecule has 0 unspecified atom stereocenters. The summed E-state index contributed by atoms with van der Waals surface area (Å²) in [4.78, 5) is 8.99. The molecule has 0 amide bonds. The fourth-order valence-corrected chi connectivity index (χ4v) is 3.34. The maximum absolute atomic E-state index is 10.7. The lowest BCUT2D eigenvalue weighted by molar-refractivity contribution is 0.427. The van der Waals surface area contributed by atoms with Crippen LogP contribution in [0.15, 0.2) is 54.9 Å². The number of aromatic nitrogens is 4. The number of benzene rings is 1. The molecule has 138 valence electrons. The largest absolute Gasteiger partial charge is 0.493 e. The van der Waals surface area contributed by atoms with Crippen molar-refractivity contribution >= 4 is 5.65 Å². The van der Waals surface area contributed by atoms with Crippen LogP contribution < -0.4 is 0 Å². The van der Waals surface area contributed by atoms with E-state index in [1.54, 1.807) is 30.6 Å². The lowest BCUT2D eigenvalue weighted by atomic mass is 9.99. The first-order chi connectivity index (χ1) is 13.7. The minimum absolute atomic E-state index is 0.138. The summed E-state index contributed by atoms with van der Waals surface area (Å²) in [5.74, 6) is 0.138. The number of nitriles is 1. The van der Waals surface area contributed by atoms with E-state index in [4.69, 9.17) is 0 Å². The summed E-state index contributed by atoms with van der Waals surface area (Å²) in [5.41, 5.74) is 5.49. The first-order valence-electron chi connectivity index (χ1n) is 9.20. The molecule has 0 radical (unpaired) electrons. The highest BCUT2D eigenvalue weighted by Crippen LogP contribution is 2.27. The quantitative estimate of drug-likeness (QED) is 0.576.